The van der Waals surface area contributed by atoms with E-state index in [0.717, 1.165) is 12.1 Å². The molecule has 8 nitrogen and oxygen atoms in total. The summed E-state index contributed by atoms with van der Waals surface area (Å²) in [5.41, 5.74) is 0.114. The zero-order valence-electron chi connectivity index (χ0n) is 19.4. The molecule has 1 aliphatic heterocycles. The molecule has 0 aliphatic carbocycles. The molecule has 0 radical (unpaired) electrons. The molecule has 0 aromatic heterocycles. The van der Waals surface area contributed by atoms with Gasteiger partial charge in [0.15, 0.2) is 0 Å². The molecule has 0 spiro atoms. The van der Waals surface area contributed by atoms with Crippen LogP contribution in [0.15, 0.2) is 30.3 Å². The van der Waals surface area contributed by atoms with Gasteiger partial charge in [-0.25, -0.2) is 4.79 Å². The van der Waals surface area contributed by atoms with Gasteiger partial charge < -0.3 is 24.8 Å². The van der Waals surface area contributed by atoms with Crippen molar-refractivity contribution in [3.05, 3.63) is 30.3 Å². The van der Waals surface area contributed by atoms with Gasteiger partial charge in [0.05, 0.1) is 5.92 Å². The molecule has 1 aromatic carbocycles. The van der Waals surface area contributed by atoms with E-state index in [9.17, 15) is 14.4 Å². The quantitative estimate of drug-likeness (QED) is 0.670. The minimum absolute atomic E-state index is 0.0867. The summed E-state index contributed by atoms with van der Waals surface area (Å²) in [5.74, 6) is -0.862. The first kappa shape index (κ1) is 24.7. The lowest BCUT2D eigenvalue weighted by Crippen LogP contribution is -2.50. The third kappa shape index (κ3) is 8.57. The highest BCUT2D eigenvalue weighted by atomic mass is 16.6. The average molecular weight is 433 g/mol. The number of nitrogens with one attached hydrogen (secondary N) is 1. The lowest BCUT2D eigenvalue weighted by molar-refractivity contribution is -0.160. The number of piperidine rings is 1. The first-order valence-electron chi connectivity index (χ1n) is 10.8. The summed E-state index contributed by atoms with van der Waals surface area (Å²) < 4.78 is 5.42. The van der Waals surface area contributed by atoms with Gasteiger partial charge in [0.25, 0.3) is 0 Å². The summed E-state index contributed by atoms with van der Waals surface area (Å²) in [6.45, 7) is 7.34. The van der Waals surface area contributed by atoms with Crippen LogP contribution in [0, 0.1) is 5.92 Å². The molecule has 1 aromatic rings. The second-order valence-electron chi connectivity index (χ2n) is 9.23. The maximum absolute atomic E-state index is 13.3. The van der Waals surface area contributed by atoms with Gasteiger partial charge in [-0.3, -0.25) is 9.59 Å². The summed E-state index contributed by atoms with van der Waals surface area (Å²) in [4.78, 5) is 43.5. The van der Waals surface area contributed by atoms with Crippen LogP contribution in [0.4, 0.5) is 10.5 Å². The summed E-state index contributed by atoms with van der Waals surface area (Å²) >= 11 is 0. The number of likely N-dealkylation sites (N-methyl/N-ethyl adjacent to an activating group) is 1. The molecule has 1 aliphatic rings. The van der Waals surface area contributed by atoms with Crippen LogP contribution in [0.1, 0.15) is 33.6 Å². The van der Waals surface area contributed by atoms with Gasteiger partial charge in [0.2, 0.25) is 5.91 Å². The molecule has 1 unspecified atom stereocenters. The predicted molar refractivity (Wildman–Crippen MR) is 121 cm³/mol. The Hall–Kier alpha value is -2.61. The van der Waals surface area contributed by atoms with Crippen molar-refractivity contribution in [3.63, 3.8) is 0 Å². The first-order valence-corrected chi connectivity index (χ1v) is 10.8. The molecular weight excluding hydrogens is 396 g/mol. The molecule has 1 saturated heterocycles. The Morgan fingerprint density at radius 3 is 2.42 bits per heavy atom. The van der Waals surface area contributed by atoms with Crippen molar-refractivity contribution in [1.29, 1.82) is 0 Å². The fourth-order valence-corrected chi connectivity index (χ4v) is 3.46. The van der Waals surface area contributed by atoms with Crippen LogP contribution in [-0.4, -0.2) is 85.0 Å². The number of likely N-dealkylation sites (tertiary alicyclic amines) is 1. The fourth-order valence-electron chi connectivity index (χ4n) is 3.46. The summed E-state index contributed by atoms with van der Waals surface area (Å²) in [6, 6.07) is 9.05. The number of urea groups is 1. The summed E-state index contributed by atoms with van der Waals surface area (Å²) in [6.07, 6.45) is 1.44. The Morgan fingerprint density at radius 1 is 1.13 bits per heavy atom. The number of para-hydroxylation sites is 1. The van der Waals surface area contributed by atoms with Crippen molar-refractivity contribution in [2.75, 3.05) is 52.1 Å². The fraction of sp³-hybridized carbons (Fsp3) is 0.609. The number of carbonyl (C=O) groups is 3. The Bertz CT molecular complexity index is 746. The second kappa shape index (κ2) is 11.1. The Morgan fingerprint density at radius 2 is 1.81 bits per heavy atom. The summed E-state index contributed by atoms with van der Waals surface area (Å²) in [5, 5.41) is 2.88. The normalized spacial score (nSPS) is 16.7. The monoisotopic (exact) mass is 432 g/mol. The predicted octanol–water partition coefficient (Wildman–Crippen LogP) is 2.66. The third-order valence-electron chi connectivity index (χ3n) is 4.95. The Kier molecular flexibility index (Phi) is 8.86. The zero-order chi connectivity index (χ0) is 23.0. The van der Waals surface area contributed by atoms with E-state index in [1.807, 2.05) is 49.3 Å². The molecule has 1 heterocycles. The van der Waals surface area contributed by atoms with E-state index in [1.54, 1.807) is 30.6 Å². The van der Waals surface area contributed by atoms with Crippen molar-refractivity contribution in [2.24, 2.45) is 5.92 Å². The van der Waals surface area contributed by atoms with Crippen LogP contribution in [-0.2, 0) is 14.3 Å². The molecule has 8 heteroatoms. The topological polar surface area (TPSA) is 82.2 Å². The number of esters is 1. The van der Waals surface area contributed by atoms with E-state index < -0.39 is 11.6 Å². The van der Waals surface area contributed by atoms with Gasteiger partial charge in [-0.15, -0.1) is 0 Å². The molecular formula is C23H36N4O4. The number of ether oxygens (including phenoxy) is 1. The van der Waals surface area contributed by atoms with E-state index in [0.29, 0.717) is 32.6 Å². The van der Waals surface area contributed by atoms with Crippen LogP contribution in [0.3, 0.4) is 0 Å². The van der Waals surface area contributed by atoms with Crippen LogP contribution in [0.2, 0.25) is 0 Å². The maximum atomic E-state index is 13.3. The van der Waals surface area contributed by atoms with Crippen LogP contribution >= 0.6 is 0 Å². The summed E-state index contributed by atoms with van der Waals surface area (Å²) in [7, 11) is 3.85. The van der Waals surface area contributed by atoms with Gasteiger partial charge in [-0.1, -0.05) is 18.2 Å². The third-order valence-corrected chi connectivity index (χ3v) is 4.95. The number of hydrogen-bond donors (Lipinski definition) is 1. The molecule has 172 valence electrons. The van der Waals surface area contributed by atoms with E-state index in [-0.39, 0.29) is 24.4 Å². The zero-order valence-corrected chi connectivity index (χ0v) is 19.4. The van der Waals surface area contributed by atoms with Gasteiger partial charge in [0, 0.05) is 31.9 Å². The van der Waals surface area contributed by atoms with Crippen molar-refractivity contribution < 1.29 is 19.1 Å². The second-order valence-corrected chi connectivity index (χ2v) is 9.23. The molecule has 0 bridgehead atoms. The number of amides is 3. The van der Waals surface area contributed by atoms with Crippen LogP contribution in [0.25, 0.3) is 0 Å². The lowest BCUT2D eigenvalue weighted by atomic mass is 9.96. The highest BCUT2D eigenvalue weighted by Crippen LogP contribution is 2.20. The average Bonchev–Trinajstić information content (AvgIpc) is 2.70. The molecule has 2 rings (SSSR count). The van der Waals surface area contributed by atoms with E-state index >= 15 is 0 Å². The molecule has 3 amide bonds. The van der Waals surface area contributed by atoms with E-state index in [2.05, 4.69) is 5.32 Å². The number of benzene rings is 1. The van der Waals surface area contributed by atoms with E-state index in [4.69, 9.17) is 4.74 Å². The first-order chi connectivity index (χ1) is 14.5. The standard InChI is InChI=1S/C23H36N4O4/c1-23(2,3)31-20(28)17-26(15-14-25(4)5)21(29)18-10-9-13-27(16-18)22(30)24-19-11-7-6-8-12-19/h6-8,11-12,18H,9-10,13-17H2,1-5H3,(H,24,30). The highest BCUT2D eigenvalue weighted by Gasteiger charge is 2.32. The molecule has 31 heavy (non-hydrogen) atoms. The van der Waals surface area contributed by atoms with Gasteiger partial charge >= 0.3 is 12.0 Å². The van der Waals surface area contributed by atoms with Gasteiger partial charge in [0.1, 0.15) is 12.1 Å². The Labute approximate surface area is 185 Å². The van der Waals surface area contributed by atoms with Crippen LogP contribution in [0.5, 0.6) is 0 Å². The van der Waals surface area contributed by atoms with Crippen LogP contribution < -0.4 is 5.32 Å². The number of hydrogen-bond acceptors (Lipinski definition) is 5. The maximum Gasteiger partial charge on any atom is 0.326 e. The minimum Gasteiger partial charge on any atom is -0.459 e. The number of nitrogens with zero attached hydrogens (tertiary/aromatic N) is 3. The smallest absolute Gasteiger partial charge is 0.326 e. The molecule has 0 saturated carbocycles. The molecule has 1 fully saturated rings. The van der Waals surface area contributed by atoms with Gasteiger partial charge in [-0.05, 0) is 59.8 Å². The largest absolute Gasteiger partial charge is 0.459 e. The number of anilines is 1. The van der Waals surface area contributed by atoms with E-state index in [1.165, 1.54) is 0 Å². The minimum atomic E-state index is -0.607. The molecule has 1 N–H and O–H groups in total. The molecule has 1 atom stereocenters. The van der Waals surface area contributed by atoms with Crippen molar-refractivity contribution in [2.45, 2.75) is 39.2 Å². The number of carbonyl (C=O) groups excluding carboxylic acids is 3. The van der Waals surface area contributed by atoms with Gasteiger partial charge in [-0.2, -0.15) is 0 Å². The lowest BCUT2D eigenvalue weighted by Gasteiger charge is -2.35. The van der Waals surface area contributed by atoms with Crippen molar-refractivity contribution in [3.8, 4) is 0 Å². The van der Waals surface area contributed by atoms with Crippen molar-refractivity contribution >= 4 is 23.6 Å². The number of rotatable bonds is 7. The van der Waals surface area contributed by atoms with Crippen molar-refractivity contribution in [1.82, 2.24) is 14.7 Å². The highest BCUT2D eigenvalue weighted by molar-refractivity contribution is 5.90. The Balaban J connectivity index is 2.02. The SMILES string of the molecule is CN(C)CCN(CC(=O)OC(C)(C)C)C(=O)C1CCCN(C(=O)Nc2ccccc2)C1.